The lowest BCUT2D eigenvalue weighted by molar-refractivity contribution is 0.00578. The first kappa shape index (κ1) is 18.1. The molecule has 1 heterocycles. The Morgan fingerprint density at radius 3 is 2.17 bits per heavy atom. The second-order valence-corrected chi connectivity index (χ2v) is 7.52. The molecule has 0 saturated carbocycles. The van der Waals surface area contributed by atoms with Crippen LogP contribution in [-0.4, -0.2) is 24.4 Å². The van der Waals surface area contributed by atoms with Crippen molar-refractivity contribution in [2.24, 2.45) is 0 Å². The van der Waals surface area contributed by atoms with E-state index in [1.165, 1.54) is 11.1 Å². The number of hydrogen-bond donors (Lipinski definition) is 0. The minimum absolute atomic E-state index is 0.0655. The van der Waals surface area contributed by atoms with E-state index in [-0.39, 0.29) is 17.3 Å². The number of aryl methyl sites for hydroxylation is 2. The maximum atomic E-state index is 6.20. The fourth-order valence-corrected chi connectivity index (χ4v) is 2.57. The fourth-order valence-electron chi connectivity index (χ4n) is 2.57. The molecule has 0 aromatic heterocycles. The van der Waals surface area contributed by atoms with Crippen LogP contribution in [0.3, 0.4) is 0 Å². The van der Waals surface area contributed by atoms with Crippen LogP contribution in [-0.2, 0) is 9.31 Å². The van der Waals surface area contributed by atoms with Crippen molar-refractivity contribution in [3.63, 3.8) is 0 Å². The topological polar surface area (TPSA) is 27.7 Å². The minimum atomic E-state index is -0.412. The molecule has 1 saturated heterocycles. The molecule has 0 amide bonds. The van der Waals surface area contributed by atoms with E-state index in [9.17, 15) is 0 Å². The highest BCUT2D eigenvalue weighted by Gasteiger charge is 2.52. The highest BCUT2D eigenvalue weighted by molar-refractivity contribution is 6.63. The molecular weight excluding hydrogens is 287 g/mol. The average molecular weight is 316 g/mol. The van der Waals surface area contributed by atoms with Crippen molar-refractivity contribution in [2.75, 3.05) is 0 Å². The molecule has 0 N–H and O–H groups in total. The Morgan fingerprint density at radius 2 is 1.65 bits per heavy atom. The monoisotopic (exact) mass is 316 g/mol. The summed E-state index contributed by atoms with van der Waals surface area (Å²) in [6.07, 6.45) is 2.74. The van der Waals surface area contributed by atoms with Gasteiger partial charge in [-0.1, -0.05) is 12.1 Å². The lowest BCUT2D eigenvalue weighted by atomic mass is 9.77. The summed E-state index contributed by atoms with van der Waals surface area (Å²) in [7, 11) is -0.412. The van der Waals surface area contributed by atoms with Gasteiger partial charge in [0, 0.05) is 11.9 Å². The molecule has 1 aliphatic heterocycles. The first-order valence-corrected chi connectivity index (χ1v) is 8.31. The lowest BCUT2D eigenvalue weighted by Gasteiger charge is -2.32. The first-order valence-electron chi connectivity index (χ1n) is 8.31. The molecule has 0 spiro atoms. The molecule has 1 aromatic carbocycles. The van der Waals surface area contributed by atoms with Gasteiger partial charge in [-0.3, -0.25) is 0 Å². The van der Waals surface area contributed by atoms with E-state index in [1.54, 1.807) is 0 Å². The summed E-state index contributed by atoms with van der Waals surface area (Å²) in [5, 5.41) is 0. The molecule has 0 bridgehead atoms. The van der Waals surface area contributed by atoms with Crippen LogP contribution in [0, 0.1) is 13.8 Å². The van der Waals surface area contributed by atoms with Gasteiger partial charge < -0.3 is 14.0 Å². The summed E-state index contributed by atoms with van der Waals surface area (Å²) >= 11 is 0. The highest BCUT2D eigenvalue weighted by Crippen LogP contribution is 2.37. The van der Waals surface area contributed by atoms with Crippen molar-refractivity contribution in [2.45, 2.75) is 72.2 Å². The lowest BCUT2D eigenvalue weighted by Crippen LogP contribution is -2.41. The van der Waals surface area contributed by atoms with Crippen molar-refractivity contribution in [1.29, 1.82) is 0 Å². The standard InChI is InChI=1S/C19H29BO3/c1-9-10-15(4)21-17-12-14(3)13(2)11-16(17)20-22-18(5,6)19(7,8)23-20/h9,11-12,15H,1,10H2,2-8H3/t15-/m0/s1. The molecule has 23 heavy (non-hydrogen) atoms. The Hall–Kier alpha value is -1.26. The quantitative estimate of drug-likeness (QED) is 0.608. The highest BCUT2D eigenvalue weighted by atomic mass is 16.7. The van der Waals surface area contributed by atoms with Crippen LogP contribution >= 0.6 is 0 Å². The summed E-state index contributed by atoms with van der Waals surface area (Å²) < 4.78 is 18.5. The first-order chi connectivity index (χ1) is 10.6. The fraction of sp³-hybridized carbons (Fsp3) is 0.579. The predicted molar refractivity (Wildman–Crippen MR) is 96.5 cm³/mol. The average Bonchev–Trinajstić information content (AvgIpc) is 2.62. The van der Waals surface area contributed by atoms with Crippen molar-refractivity contribution in [3.8, 4) is 5.75 Å². The Morgan fingerprint density at radius 1 is 1.13 bits per heavy atom. The molecule has 1 aromatic rings. The third-order valence-electron chi connectivity index (χ3n) is 4.96. The Kier molecular flexibility index (Phi) is 4.98. The van der Waals surface area contributed by atoms with E-state index in [1.807, 2.05) is 13.0 Å². The van der Waals surface area contributed by atoms with Gasteiger partial charge in [-0.05, 0) is 65.7 Å². The second-order valence-electron chi connectivity index (χ2n) is 7.52. The van der Waals surface area contributed by atoms with Gasteiger partial charge in [-0.25, -0.2) is 0 Å². The number of ether oxygens (including phenoxy) is 1. The largest absolute Gasteiger partial charge is 0.498 e. The maximum absolute atomic E-state index is 6.20. The van der Waals surface area contributed by atoms with Gasteiger partial charge in [0.25, 0.3) is 0 Å². The normalized spacial score (nSPS) is 20.4. The summed E-state index contributed by atoms with van der Waals surface area (Å²) in [6, 6.07) is 4.20. The van der Waals surface area contributed by atoms with Crippen molar-refractivity contribution >= 4 is 12.6 Å². The van der Waals surface area contributed by atoms with E-state index in [0.29, 0.717) is 0 Å². The second kappa shape index (κ2) is 6.33. The van der Waals surface area contributed by atoms with Gasteiger partial charge in [0.2, 0.25) is 0 Å². The van der Waals surface area contributed by atoms with Crippen LogP contribution in [0.4, 0.5) is 0 Å². The van der Waals surface area contributed by atoms with E-state index in [4.69, 9.17) is 14.0 Å². The van der Waals surface area contributed by atoms with Crippen molar-refractivity contribution < 1.29 is 14.0 Å². The van der Waals surface area contributed by atoms with Crippen LogP contribution < -0.4 is 10.2 Å². The third kappa shape index (κ3) is 3.64. The predicted octanol–water partition coefficient (Wildman–Crippen LogP) is 3.95. The Labute approximate surface area is 141 Å². The zero-order valence-electron chi connectivity index (χ0n) is 15.5. The van der Waals surface area contributed by atoms with Gasteiger partial charge in [0.05, 0.1) is 17.3 Å². The van der Waals surface area contributed by atoms with E-state index >= 15 is 0 Å². The van der Waals surface area contributed by atoms with E-state index < -0.39 is 7.12 Å². The molecule has 0 aliphatic carbocycles. The Bertz CT molecular complexity index is 577. The third-order valence-corrected chi connectivity index (χ3v) is 4.96. The zero-order valence-corrected chi connectivity index (χ0v) is 15.5. The molecule has 0 unspecified atom stereocenters. The van der Waals surface area contributed by atoms with Crippen LogP contribution in [0.5, 0.6) is 5.75 Å². The molecule has 0 radical (unpaired) electrons. The van der Waals surface area contributed by atoms with Crippen LogP contribution in [0.25, 0.3) is 0 Å². The zero-order chi connectivity index (χ0) is 17.4. The van der Waals surface area contributed by atoms with E-state index in [2.05, 4.69) is 60.3 Å². The number of rotatable bonds is 5. The maximum Gasteiger partial charge on any atom is 0.498 e. The summed E-state index contributed by atoms with van der Waals surface area (Å²) in [5.74, 6) is 0.834. The summed E-state index contributed by atoms with van der Waals surface area (Å²) in [4.78, 5) is 0. The summed E-state index contributed by atoms with van der Waals surface area (Å²) in [6.45, 7) is 18.3. The molecule has 3 nitrogen and oxygen atoms in total. The molecule has 1 fully saturated rings. The van der Waals surface area contributed by atoms with Crippen molar-refractivity contribution in [1.82, 2.24) is 0 Å². The summed E-state index contributed by atoms with van der Waals surface area (Å²) in [5.41, 5.74) is 2.65. The SMILES string of the molecule is C=CC[C@H](C)Oc1cc(C)c(C)cc1B1OC(C)(C)C(C)(C)O1. The van der Waals surface area contributed by atoms with Gasteiger partial charge in [0.15, 0.2) is 0 Å². The molecule has 1 aliphatic rings. The van der Waals surface area contributed by atoms with Gasteiger partial charge >= 0.3 is 7.12 Å². The smallest absolute Gasteiger partial charge is 0.491 e. The van der Waals surface area contributed by atoms with Crippen molar-refractivity contribution in [3.05, 3.63) is 35.9 Å². The van der Waals surface area contributed by atoms with Crippen LogP contribution in [0.15, 0.2) is 24.8 Å². The van der Waals surface area contributed by atoms with Gasteiger partial charge in [0.1, 0.15) is 5.75 Å². The van der Waals surface area contributed by atoms with Crippen LogP contribution in [0.2, 0.25) is 0 Å². The Balaban J connectivity index is 2.38. The molecular formula is C19H29BO3. The molecule has 4 heteroatoms. The van der Waals surface area contributed by atoms with Crippen LogP contribution in [0.1, 0.15) is 52.2 Å². The van der Waals surface area contributed by atoms with E-state index in [0.717, 1.165) is 17.6 Å². The van der Waals surface area contributed by atoms with Gasteiger partial charge in [-0.15, -0.1) is 6.58 Å². The molecule has 2 rings (SSSR count). The molecule has 1 atom stereocenters. The number of hydrogen-bond acceptors (Lipinski definition) is 3. The molecule has 126 valence electrons. The van der Waals surface area contributed by atoms with Gasteiger partial charge in [-0.2, -0.15) is 0 Å². The minimum Gasteiger partial charge on any atom is -0.491 e. The number of benzene rings is 1.